The molecule has 39 heavy (non-hydrogen) atoms. The maximum atomic E-state index is 14.0. The molecule has 1 aliphatic heterocycles. The molecular formula is C33H29ClN4O. The molecule has 0 spiro atoms. The molecule has 5 aromatic rings. The van der Waals surface area contributed by atoms with Gasteiger partial charge in [-0.1, -0.05) is 78.3 Å². The van der Waals surface area contributed by atoms with Crippen LogP contribution >= 0.6 is 11.6 Å². The number of aromatic nitrogens is 2. The summed E-state index contributed by atoms with van der Waals surface area (Å²) in [4.78, 5) is 27.6. The molecule has 6 heteroatoms. The maximum Gasteiger partial charge on any atom is 0.254 e. The lowest BCUT2D eigenvalue weighted by molar-refractivity contribution is 0.0599. The molecular weight excluding hydrogens is 504 g/mol. The third kappa shape index (κ3) is 5.03. The van der Waals surface area contributed by atoms with E-state index < -0.39 is 0 Å². The van der Waals surface area contributed by atoms with E-state index in [0.717, 1.165) is 40.8 Å². The van der Waals surface area contributed by atoms with Crippen LogP contribution in [-0.4, -0.2) is 51.9 Å². The van der Waals surface area contributed by atoms with Crippen LogP contribution in [0.5, 0.6) is 0 Å². The van der Waals surface area contributed by atoms with Crippen molar-refractivity contribution in [1.82, 2.24) is 19.8 Å². The molecule has 5 nitrogen and oxygen atoms in total. The lowest BCUT2D eigenvalue weighted by Crippen LogP contribution is -2.49. The van der Waals surface area contributed by atoms with Crippen LogP contribution in [-0.2, 0) is 0 Å². The molecule has 1 fully saturated rings. The molecule has 194 valence electrons. The SMILES string of the molecule is Cc1c(Cl)ccc2c(C(=O)N3CCN(C(c4ccccc4)c4ccccc4)CC3)cc(-c3cccnc3)nc12. The summed E-state index contributed by atoms with van der Waals surface area (Å²) in [6.45, 7) is 4.80. The van der Waals surface area contributed by atoms with E-state index in [0.29, 0.717) is 23.7 Å². The Hall–Kier alpha value is -4.06. The van der Waals surface area contributed by atoms with Crippen molar-refractivity contribution < 1.29 is 4.79 Å². The molecule has 0 aliphatic carbocycles. The molecule has 0 radical (unpaired) electrons. The number of benzene rings is 3. The Morgan fingerprint density at radius 2 is 1.51 bits per heavy atom. The summed E-state index contributed by atoms with van der Waals surface area (Å²) in [6.07, 6.45) is 3.50. The predicted molar refractivity (Wildman–Crippen MR) is 157 cm³/mol. The van der Waals surface area contributed by atoms with Crippen molar-refractivity contribution in [3.8, 4) is 11.3 Å². The largest absolute Gasteiger partial charge is 0.336 e. The highest BCUT2D eigenvalue weighted by Gasteiger charge is 2.29. The van der Waals surface area contributed by atoms with Crippen molar-refractivity contribution in [2.24, 2.45) is 0 Å². The van der Waals surface area contributed by atoms with Crippen LogP contribution in [0.1, 0.15) is 33.1 Å². The van der Waals surface area contributed by atoms with Crippen molar-refractivity contribution >= 4 is 28.4 Å². The molecule has 0 saturated carbocycles. The number of nitrogens with zero attached hydrogens (tertiary/aromatic N) is 4. The van der Waals surface area contributed by atoms with Crippen molar-refractivity contribution in [2.45, 2.75) is 13.0 Å². The lowest BCUT2D eigenvalue weighted by atomic mass is 9.96. The van der Waals surface area contributed by atoms with E-state index in [2.05, 4.69) is 70.5 Å². The fraction of sp³-hybridized carbons (Fsp3) is 0.182. The molecule has 1 amide bonds. The Morgan fingerprint density at radius 3 is 2.13 bits per heavy atom. The number of amides is 1. The highest BCUT2D eigenvalue weighted by molar-refractivity contribution is 6.32. The van der Waals surface area contributed by atoms with Gasteiger partial charge in [0.05, 0.1) is 22.8 Å². The molecule has 0 unspecified atom stereocenters. The van der Waals surface area contributed by atoms with Gasteiger partial charge in [-0.25, -0.2) is 4.98 Å². The Kier molecular flexibility index (Phi) is 7.10. The van der Waals surface area contributed by atoms with E-state index >= 15 is 0 Å². The molecule has 0 N–H and O–H groups in total. The van der Waals surface area contributed by atoms with E-state index in [1.54, 1.807) is 12.4 Å². The predicted octanol–water partition coefficient (Wildman–Crippen LogP) is 6.81. The van der Waals surface area contributed by atoms with Crippen molar-refractivity contribution in [3.05, 3.63) is 131 Å². The summed E-state index contributed by atoms with van der Waals surface area (Å²) in [5, 5.41) is 1.46. The van der Waals surface area contributed by atoms with Crippen LogP contribution < -0.4 is 0 Å². The number of piperazine rings is 1. The number of hydrogen-bond donors (Lipinski definition) is 0. The molecule has 3 aromatic carbocycles. The van der Waals surface area contributed by atoms with Gasteiger partial charge in [0.15, 0.2) is 0 Å². The summed E-state index contributed by atoms with van der Waals surface area (Å²) < 4.78 is 0. The van der Waals surface area contributed by atoms with Gasteiger partial charge in [-0.3, -0.25) is 14.7 Å². The number of halogens is 1. The number of pyridine rings is 2. The number of hydrogen-bond acceptors (Lipinski definition) is 4. The van der Waals surface area contributed by atoms with Crippen LogP contribution in [0.15, 0.2) is 103 Å². The van der Waals surface area contributed by atoms with Crippen molar-refractivity contribution in [3.63, 3.8) is 0 Å². The fourth-order valence-corrected chi connectivity index (χ4v) is 5.63. The summed E-state index contributed by atoms with van der Waals surface area (Å²) in [6, 6.07) is 30.9. The zero-order chi connectivity index (χ0) is 26.8. The summed E-state index contributed by atoms with van der Waals surface area (Å²) in [7, 11) is 0. The Morgan fingerprint density at radius 1 is 0.846 bits per heavy atom. The van der Waals surface area contributed by atoms with Gasteiger partial charge in [0.1, 0.15) is 0 Å². The normalized spacial score (nSPS) is 14.2. The standard InChI is InChI=1S/C33H29ClN4O/c1-23-29(34)15-14-27-28(21-30(36-31(23)27)26-13-8-16-35-22-26)33(39)38-19-17-37(18-20-38)32(24-9-4-2-5-10-24)25-11-6-3-7-12-25/h2-16,21-22,32H,17-20H2,1H3. The molecule has 1 aliphatic rings. The van der Waals surface area contributed by atoms with Crippen molar-refractivity contribution in [1.29, 1.82) is 0 Å². The second-order valence-electron chi connectivity index (χ2n) is 9.92. The average molecular weight is 533 g/mol. The first-order chi connectivity index (χ1) is 19.1. The average Bonchev–Trinajstić information content (AvgIpc) is 3.00. The Bertz CT molecular complexity index is 1560. The summed E-state index contributed by atoms with van der Waals surface area (Å²) in [5.41, 5.74) is 6.37. The van der Waals surface area contributed by atoms with E-state index in [1.165, 1.54) is 11.1 Å². The number of rotatable bonds is 5. The Balaban J connectivity index is 1.31. The van der Waals surface area contributed by atoms with Gasteiger partial charge in [-0.2, -0.15) is 0 Å². The number of carbonyl (C=O) groups is 1. The van der Waals surface area contributed by atoms with Crippen LogP contribution in [0.4, 0.5) is 0 Å². The van der Waals surface area contributed by atoms with Crippen LogP contribution in [0.2, 0.25) is 5.02 Å². The maximum absolute atomic E-state index is 14.0. The third-order valence-electron chi connectivity index (χ3n) is 7.55. The van der Waals surface area contributed by atoms with Gasteiger partial charge in [0, 0.05) is 54.5 Å². The van der Waals surface area contributed by atoms with Crippen LogP contribution in [0.25, 0.3) is 22.2 Å². The van der Waals surface area contributed by atoms with E-state index in [1.807, 2.05) is 42.2 Å². The van der Waals surface area contributed by atoms with Gasteiger partial charge >= 0.3 is 0 Å². The highest BCUT2D eigenvalue weighted by atomic mass is 35.5. The third-order valence-corrected chi connectivity index (χ3v) is 7.96. The van der Waals surface area contributed by atoms with E-state index in [4.69, 9.17) is 16.6 Å². The quantitative estimate of drug-likeness (QED) is 0.249. The fourth-order valence-electron chi connectivity index (χ4n) is 5.48. The number of fused-ring (bicyclic) bond motifs is 1. The first-order valence-corrected chi connectivity index (χ1v) is 13.6. The zero-order valence-electron chi connectivity index (χ0n) is 21.8. The smallest absolute Gasteiger partial charge is 0.254 e. The number of carbonyl (C=O) groups excluding carboxylic acids is 1. The minimum absolute atomic E-state index is 0.0184. The zero-order valence-corrected chi connectivity index (χ0v) is 22.6. The van der Waals surface area contributed by atoms with Gasteiger partial charge in [-0.15, -0.1) is 0 Å². The summed E-state index contributed by atoms with van der Waals surface area (Å²) >= 11 is 6.46. The van der Waals surface area contributed by atoms with E-state index in [-0.39, 0.29) is 11.9 Å². The summed E-state index contributed by atoms with van der Waals surface area (Å²) in [5.74, 6) is 0.0184. The number of aryl methyl sites for hydroxylation is 1. The molecule has 0 atom stereocenters. The second kappa shape index (κ2) is 11.0. The second-order valence-corrected chi connectivity index (χ2v) is 10.3. The molecule has 2 aromatic heterocycles. The molecule has 1 saturated heterocycles. The van der Waals surface area contributed by atoms with E-state index in [9.17, 15) is 4.79 Å². The van der Waals surface area contributed by atoms with Crippen LogP contribution in [0.3, 0.4) is 0 Å². The molecule has 3 heterocycles. The first kappa shape index (κ1) is 25.2. The Labute approximate surface area is 233 Å². The highest BCUT2D eigenvalue weighted by Crippen LogP contribution is 2.32. The monoisotopic (exact) mass is 532 g/mol. The van der Waals surface area contributed by atoms with Gasteiger partial charge in [0.2, 0.25) is 0 Å². The minimum Gasteiger partial charge on any atom is -0.336 e. The molecule has 6 rings (SSSR count). The van der Waals surface area contributed by atoms with Gasteiger partial charge in [-0.05, 0) is 47.9 Å². The molecule has 0 bridgehead atoms. The minimum atomic E-state index is 0.0184. The van der Waals surface area contributed by atoms with Gasteiger partial charge in [0.25, 0.3) is 5.91 Å². The first-order valence-electron chi connectivity index (χ1n) is 13.2. The lowest BCUT2D eigenvalue weighted by Gasteiger charge is -2.40. The van der Waals surface area contributed by atoms with Crippen molar-refractivity contribution in [2.75, 3.05) is 26.2 Å². The van der Waals surface area contributed by atoms with Crippen LogP contribution in [0, 0.1) is 6.92 Å². The topological polar surface area (TPSA) is 49.3 Å². The van der Waals surface area contributed by atoms with Gasteiger partial charge < -0.3 is 4.90 Å².